The summed E-state index contributed by atoms with van der Waals surface area (Å²) in [6.07, 6.45) is 6.04. The highest BCUT2D eigenvalue weighted by atomic mass is 16.5. The smallest absolute Gasteiger partial charge is 0.407 e. The number of carboxylic acid groups (broad SMARTS) is 1. The van der Waals surface area contributed by atoms with Gasteiger partial charge in [0.05, 0.1) is 0 Å². The van der Waals surface area contributed by atoms with Gasteiger partial charge in [-0.25, -0.2) is 9.59 Å². The van der Waals surface area contributed by atoms with Crippen molar-refractivity contribution in [3.8, 4) is 11.1 Å². The van der Waals surface area contributed by atoms with Gasteiger partial charge >= 0.3 is 12.1 Å². The van der Waals surface area contributed by atoms with E-state index in [4.69, 9.17) is 9.84 Å². The molecule has 1 amide bonds. The second-order valence-corrected chi connectivity index (χ2v) is 6.17. The Kier molecular flexibility index (Phi) is 6.05. The lowest BCUT2D eigenvalue weighted by atomic mass is 9.98. The van der Waals surface area contributed by atoms with Crippen molar-refractivity contribution in [2.45, 2.75) is 12.3 Å². The van der Waals surface area contributed by atoms with E-state index in [0.29, 0.717) is 13.0 Å². The summed E-state index contributed by atoms with van der Waals surface area (Å²) in [4.78, 5) is 22.3. The number of carbonyl (C=O) groups is 2. The summed E-state index contributed by atoms with van der Waals surface area (Å²) in [5.74, 6) is -0.944. The molecule has 0 aromatic heterocycles. The number of benzene rings is 2. The van der Waals surface area contributed by atoms with Crippen LogP contribution in [0.2, 0.25) is 0 Å². The van der Waals surface area contributed by atoms with E-state index >= 15 is 0 Å². The van der Waals surface area contributed by atoms with Gasteiger partial charge in [0.1, 0.15) is 6.61 Å². The van der Waals surface area contributed by atoms with Gasteiger partial charge in [-0.1, -0.05) is 66.8 Å². The fourth-order valence-corrected chi connectivity index (χ4v) is 3.22. The summed E-state index contributed by atoms with van der Waals surface area (Å²) in [7, 11) is 0. The lowest BCUT2D eigenvalue weighted by Gasteiger charge is -2.14. The molecular weight excluding hydrogens is 342 g/mol. The third kappa shape index (κ3) is 4.64. The van der Waals surface area contributed by atoms with Crippen molar-refractivity contribution < 1.29 is 19.4 Å². The lowest BCUT2D eigenvalue weighted by molar-refractivity contribution is -0.131. The Hall–Kier alpha value is -3.34. The molecule has 2 N–H and O–H groups in total. The quantitative estimate of drug-likeness (QED) is 0.441. The number of carbonyl (C=O) groups excluding carboxylic acids is 1. The summed E-state index contributed by atoms with van der Waals surface area (Å²) in [6, 6.07) is 16.4. The van der Waals surface area contributed by atoms with Crippen LogP contribution in [0, 0.1) is 0 Å². The molecule has 5 nitrogen and oxygen atoms in total. The van der Waals surface area contributed by atoms with Crippen molar-refractivity contribution in [3.63, 3.8) is 0 Å². The molecule has 27 heavy (non-hydrogen) atoms. The zero-order chi connectivity index (χ0) is 19.1. The highest BCUT2D eigenvalue weighted by Gasteiger charge is 2.28. The zero-order valence-electron chi connectivity index (χ0n) is 14.8. The molecule has 3 rings (SSSR count). The van der Waals surface area contributed by atoms with Crippen LogP contribution >= 0.6 is 0 Å². The number of hydrogen-bond acceptors (Lipinski definition) is 3. The number of amides is 1. The maximum Gasteiger partial charge on any atom is 0.407 e. The Balaban J connectivity index is 1.50. The Bertz CT molecular complexity index is 840. The second kappa shape index (κ2) is 8.85. The molecule has 0 heterocycles. The highest BCUT2D eigenvalue weighted by Crippen LogP contribution is 2.44. The summed E-state index contributed by atoms with van der Waals surface area (Å²) in [5.41, 5.74) is 4.75. The Labute approximate surface area is 158 Å². The number of allylic oxidation sites excluding steroid dienone is 2. The largest absolute Gasteiger partial charge is 0.478 e. The topological polar surface area (TPSA) is 75.6 Å². The number of nitrogens with one attached hydrogen (secondary N) is 1. The minimum absolute atomic E-state index is 0.0456. The molecule has 1 aliphatic rings. The fraction of sp³-hybridized carbons (Fsp3) is 0.182. The van der Waals surface area contributed by atoms with Gasteiger partial charge in [0.25, 0.3) is 0 Å². The Morgan fingerprint density at radius 3 is 2.26 bits per heavy atom. The van der Waals surface area contributed by atoms with E-state index in [2.05, 4.69) is 29.6 Å². The molecule has 0 saturated heterocycles. The van der Waals surface area contributed by atoms with E-state index < -0.39 is 12.1 Å². The fourth-order valence-electron chi connectivity index (χ4n) is 3.22. The molecule has 138 valence electrons. The standard InChI is InChI=1S/C22H21NO4/c24-21(25)13-3-1-2-8-14-23-22(26)27-15-20-18-11-6-4-9-16(18)17-10-5-7-12-19(17)20/h1-7,9-13,20H,8,14-15H2,(H,23,26)(H,24,25)/b2-1+,13-3+. The number of carboxylic acids is 1. The molecule has 0 spiro atoms. The van der Waals surface area contributed by atoms with Crippen LogP contribution in [0.25, 0.3) is 11.1 Å². The molecule has 0 saturated carbocycles. The molecular formula is C22H21NO4. The van der Waals surface area contributed by atoms with E-state index in [9.17, 15) is 9.59 Å². The minimum atomic E-state index is -0.989. The molecule has 0 unspecified atom stereocenters. The average molecular weight is 363 g/mol. The molecule has 0 aliphatic heterocycles. The summed E-state index contributed by atoms with van der Waals surface area (Å²) in [5, 5.41) is 11.2. The van der Waals surface area contributed by atoms with Crippen molar-refractivity contribution in [2.75, 3.05) is 13.2 Å². The number of rotatable bonds is 7. The normalized spacial score (nSPS) is 12.9. The van der Waals surface area contributed by atoms with Crippen molar-refractivity contribution in [1.82, 2.24) is 5.32 Å². The first-order valence-electron chi connectivity index (χ1n) is 8.82. The summed E-state index contributed by atoms with van der Waals surface area (Å²) >= 11 is 0. The maximum atomic E-state index is 12.0. The Morgan fingerprint density at radius 1 is 1.00 bits per heavy atom. The van der Waals surface area contributed by atoms with Crippen LogP contribution in [-0.4, -0.2) is 30.3 Å². The predicted octanol–water partition coefficient (Wildman–Crippen LogP) is 4.11. The van der Waals surface area contributed by atoms with Crippen LogP contribution in [0.5, 0.6) is 0 Å². The number of aliphatic carboxylic acids is 1. The zero-order valence-corrected chi connectivity index (χ0v) is 14.8. The van der Waals surface area contributed by atoms with Gasteiger partial charge in [-0.3, -0.25) is 0 Å². The van der Waals surface area contributed by atoms with Gasteiger partial charge in [0.2, 0.25) is 0 Å². The molecule has 0 bridgehead atoms. The summed E-state index contributed by atoms with van der Waals surface area (Å²) < 4.78 is 5.43. The highest BCUT2D eigenvalue weighted by molar-refractivity contribution is 5.80. The number of fused-ring (bicyclic) bond motifs is 3. The van der Waals surface area contributed by atoms with Gasteiger partial charge in [-0.05, 0) is 28.7 Å². The first kappa shape index (κ1) is 18.5. The first-order chi connectivity index (χ1) is 13.2. The number of ether oxygens (including phenoxy) is 1. The van der Waals surface area contributed by atoms with Crippen molar-refractivity contribution >= 4 is 12.1 Å². The average Bonchev–Trinajstić information content (AvgIpc) is 2.99. The molecule has 0 atom stereocenters. The SMILES string of the molecule is O=C(O)/C=C/C=C/CCNC(=O)OCC1c2ccccc2-c2ccccc21. The van der Waals surface area contributed by atoms with Crippen molar-refractivity contribution in [1.29, 1.82) is 0 Å². The van der Waals surface area contributed by atoms with E-state index in [0.717, 1.165) is 6.08 Å². The number of alkyl carbamates (subject to hydrolysis) is 1. The van der Waals surface area contributed by atoms with E-state index in [1.807, 2.05) is 24.3 Å². The predicted molar refractivity (Wildman–Crippen MR) is 104 cm³/mol. The molecule has 5 heteroatoms. The molecule has 1 aliphatic carbocycles. The van der Waals surface area contributed by atoms with Gasteiger partial charge in [0.15, 0.2) is 0 Å². The molecule has 0 radical (unpaired) electrons. The van der Waals surface area contributed by atoms with Gasteiger partial charge in [-0.15, -0.1) is 0 Å². The third-order valence-corrected chi connectivity index (χ3v) is 4.41. The van der Waals surface area contributed by atoms with Crippen LogP contribution in [0.15, 0.2) is 72.8 Å². The van der Waals surface area contributed by atoms with E-state index in [1.54, 1.807) is 12.2 Å². The monoisotopic (exact) mass is 363 g/mol. The van der Waals surface area contributed by atoms with E-state index in [-0.39, 0.29) is 12.5 Å². The van der Waals surface area contributed by atoms with Gasteiger partial charge in [-0.2, -0.15) is 0 Å². The first-order valence-corrected chi connectivity index (χ1v) is 8.82. The second-order valence-electron chi connectivity index (χ2n) is 6.17. The van der Waals surface area contributed by atoms with E-state index in [1.165, 1.54) is 28.3 Å². The van der Waals surface area contributed by atoms with Gasteiger partial charge < -0.3 is 15.2 Å². The number of hydrogen-bond donors (Lipinski definition) is 2. The summed E-state index contributed by atoms with van der Waals surface area (Å²) in [6.45, 7) is 0.713. The van der Waals surface area contributed by atoms with Crippen molar-refractivity contribution in [2.24, 2.45) is 0 Å². The van der Waals surface area contributed by atoms with Gasteiger partial charge in [0, 0.05) is 18.5 Å². The third-order valence-electron chi connectivity index (χ3n) is 4.41. The van der Waals surface area contributed by atoms with Crippen molar-refractivity contribution in [3.05, 3.63) is 84.0 Å². The Morgan fingerprint density at radius 2 is 1.63 bits per heavy atom. The van der Waals surface area contributed by atoms with Crippen LogP contribution in [0.1, 0.15) is 23.5 Å². The minimum Gasteiger partial charge on any atom is -0.478 e. The molecule has 2 aromatic rings. The molecule has 2 aromatic carbocycles. The maximum absolute atomic E-state index is 12.0. The molecule has 0 fully saturated rings. The van der Waals surface area contributed by atoms with Crippen LogP contribution < -0.4 is 5.32 Å². The van der Waals surface area contributed by atoms with Crippen LogP contribution in [0.3, 0.4) is 0 Å². The van der Waals surface area contributed by atoms with Crippen LogP contribution in [-0.2, 0) is 9.53 Å². The van der Waals surface area contributed by atoms with Crippen LogP contribution in [0.4, 0.5) is 4.79 Å². The lowest BCUT2D eigenvalue weighted by Crippen LogP contribution is -2.26.